The molecule has 1 N–H and O–H groups in total. The lowest BCUT2D eigenvalue weighted by Crippen LogP contribution is -2.12. The maximum Gasteiger partial charge on any atom is 0.451 e. The molecule has 0 aromatic carbocycles. The van der Waals surface area contributed by atoms with Crippen molar-refractivity contribution < 1.29 is 13.2 Å². The van der Waals surface area contributed by atoms with Crippen LogP contribution in [-0.2, 0) is 6.18 Å². The number of hydrogen-bond acceptors (Lipinski definition) is 7. The molecule has 5 nitrogen and oxygen atoms in total. The molecular weight excluding hydrogens is 287 g/mol. The number of anilines is 1. The summed E-state index contributed by atoms with van der Waals surface area (Å²) in [6.07, 6.45) is -4.58. The zero-order chi connectivity index (χ0) is 13.2. The minimum Gasteiger partial charge on any atom is -0.373 e. The van der Waals surface area contributed by atoms with Crippen molar-refractivity contribution in [1.82, 2.24) is 20.2 Å². The van der Waals surface area contributed by atoms with Crippen LogP contribution in [0.2, 0.25) is 0 Å². The molecule has 0 saturated carbocycles. The highest BCUT2D eigenvalue weighted by molar-refractivity contribution is 8.00. The molecule has 0 atom stereocenters. The average Bonchev–Trinajstić information content (AvgIpc) is 2.80. The number of alkyl halides is 3. The first-order valence-corrected chi connectivity index (χ1v) is 6.26. The van der Waals surface area contributed by atoms with E-state index in [-0.39, 0.29) is 10.8 Å². The normalized spacial score (nSPS) is 11.6. The summed E-state index contributed by atoms with van der Waals surface area (Å²) in [5, 5.41) is 10.1. The maximum absolute atomic E-state index is 12.6. The van der Waals surface area contributed by atoms with Crippen LogP contribution < -0.4 is 5.32 Å². The molecule has 0 saturated heterocycles. The van der Waals surface area contributed by atoms with Gasteiger partial charge in [-0.15, -0.1) is 10.2 Å². The topological polar surface area (TPSA) is 63.6 Å². The minimum absolute atomic E-state index is 0.101. The third-order valence-corrected chi connectivity index (χ3v) is 3.44. The molecule has 2 aromatic heterocycles. The molecule has 0 aliphatic heterocycles. The summed E-state index contributed by atoms with van der Waals surface area (Å²) in [5.74, 6) is -1.08. The van der Waals surface area contributed by atoms with Crippen LogP contribution in [-0.4, -0.2) is 27.2 Å². The fourth-order valence-electron chi connectivity index (χ4n) is 1.03. The van der Waals surface area contributed by atoms with Crippen molar-refractivity contribution in [1.29, 1.82) is 0 Å². The van der Waals surface area contributed by atoms with E-state index in [1.807, 2.05) is 0 Å². The third kappa shape index (κ3) is 3.07. The zero-order valence-electron chi connectivity index (χ0n) is 8.89. The van der Waals surface area contributed by atoms with Gasteiger partial charge in [-0.1, -0.05) is 11.3 Å². The molecule has 0 spiro atoms. The zero-order valence-corrected chi connectivity index (χ0v) is 10.5. The Hall–Kier alpha value is -1.42. The second-order valence-electron chi connectivity index (χ2n) is 2.97. The van der Waals surface area contributed by atoms with Crippen molar-refractivity contribution in [2.45, 2.75) is 15.5 Å². The van der Waals surface area contributed by atoms with Gasteiger partial charge in [0.15, 0.2) is 4.34 Å². The number of halogens is 3. The molecule has 0 radical (unpaired) electrons. The Labute approximate surface area is 108 Å². The standard InChI is InChI=1S/C8H6F3N5S2/c1-12-4-2-5(18-7-16-13-3-17-7)15-6(14-4)8(9,10)11/h2-3H,1H3,(H,12,14,15). The maximum atomic E-state index is 12.6. The Balaban J connectivity index is 2.35. The predicted octanol–water partition coefficient (Wildman–Crippen LogP) is 2.54. The molecule has 0 aliphatic carbocycles. The van der Waals surface area contributed by atoms with Gasteiger partial charge in [0.1, 0.15) is 16.4 Å². The van der Waals surface area contributed by atoms with Crippen molar-refractivity contribution in [2.75, 3.05) is 12.4 Å². The van der Waals surface area contributed by atoms with Gasteiger partial charge >= 0.3 is 6.18 Å². The van der Waals surface area contributed by atoms with Crippen LogP contribution >= 0.6 is 23.1 Å². The predicted molar refractivity (Wildman–Crippen MR) is 60.6 cm³/mol. The van der Waals surface area contributed by atoms with Crippen LogP contribution in [0.3, 0.4) is 0 Å². The first-order valence-electron chi connectivity index (χ1n) is 4.57. The molecule has 0 aliphatic rings. The summed E-state index contributed by atoms with van der Waals surface area (Å²) < 4.78 is 38.2. The van der Waals surface area contributed by atoms with E-state index in [9.17, 15) is 13.2 Å². The van der Waals surface area contributed by atoms with Crippen molar-refractivity contribution in [2.24, 2.45) is 0 Å². The van der Waals surface area contributed by atoms with Crippen molar-refractivity contribution >= 4 is 28.9 Å². The van der Waals surface area contributed by atoms with E-state index in [4.69, 9.17) is 0 Å². The van der Waals surface area contributed by atoms with E-state index in [0.29, 0.717) is 4.34 Å². The Bertz CT molecular complexity index is 528. The van der Waals surface area contributed by atoms with Gasteiger partial charge in [0, 0.05) is 13.1 Å². The monoisotopic (exact) mass is 293 g/mol. The van der Waals surface area contributed by atoms with Gasteiger partial charge < -0.3 is 5.32 Å². The van der Waals surface area contributed by atoms with E-state index < -0.39 is 12.0 Å². The molecular formula is C8H6F3N5S2. The lowest BCUT2D eigenvalue weighted by atomic mass is 10.5. The number of nitrogens with one attached hydrogen (secondary N) is 1. The minimum atomic E-state index is -4.58. The molecule has 0 bridgehead atoms. The van der Waals surface area contributed by atoms with Crippen molar-refractivity contribution in [3.8, 4) is 0 Å². The molecule has 10 heteroatoms. The molecule has 96 valence electrons. The van der Waals surface area contributed by atoms with Gasteiger partial charge in [-0.25, -0.2) is 9.97 Å². The van der Waals surface area contributed by atoms with Gasteiger partial charge in [0.05, 0.1) is 0 Å². The highest BCUT2D eigenvalue weighted by atomic mass is 32.2. The highest BCUT2D eigenvalue weighted by Gasteiger charge is 2.35. The largest absolute Gasteiger partial charge is 0.451 e. The highest BCUT2D eigenvalue weighted by Crippen LogP contribution is 2.32. The quantitative estimate of drug-likeness (QED) is 0.877. The fraction of sp³-hybridized carbons (Fsp3) is 0.250. The Morgan fingerprint density at radius 3 is 2.67 bits per heavy atom. The SMILES string of the molecule is CNc1cc(Sc2nncs2)nc(C(F)(F)F)n1. The van der Waals surface area contributed by atoms with Crippen LogP contribution in [0.25, 0.3) is 0 Å². The molecule has 0 amide bonds. The lowest BCUT2D eigenvalue weighted by molar-refractivity contribution is -0.145. The molecule has 2 aromatic rings. The van der Waals surface area contributed by atoms with E-state index >= 15 is 0 Å². The van der Waals surface area contributed by atoms with Crippen LogP contribution in [0.5, 0.6) is 0 Å². The number of nitrogens with zero attached hydrogens (tertiary/aromatic N) is 4. The number of hydrogen-bond donors (Lipinski definition) is 1. The second-order valence-corrected chi connectivity index (χ2v) is 5.07. The summed E-state index contributed by atoms with van der Waals surface area (Å²) in [5.41, 5.74) is 1.49. The number of rotatable bonds is 3. The van der Waals surface area contributed by atoms with Crippen LogP contribution in [0.15, 0.2) is 20.9 Å². The summed E-state index contributed by atoms with van der Waals surface area (Å²) in [6, 6.07) is 1.42. The summed E-state index contributed by atoms with van der Waals surface area (Å²) in [4.78, 5) is 6.81. The van der Waals surface area contributed by atoms with Gasteiger partial charge in [-0.2, -0.15) is 13.2 Å². The van der Waals surface area contributed by atoms with E-state index in [0.717, 1.165) is 11.8 Å². The van der Waals surface area contributed by atoms with Gasteiger partial charge in [-0.05, 0) is 11.8 Å². The van der Waals surface area contributed by atoms with Crippen molar-refractivity contribution in [3.63, 3.8) is 0 Å². The number of aromatic nitrogens is 4. The van der Waals surface area contributed by atoms with Crippen LogP contribution in [0.4, 0.5) is 19.0 Å². The first kappa shape index (κ1) is 13.0. The summed E-state index contributed by atoms with van der Waals surface area (Å²) in [6.45, 7) is 0. The van der Waals surface area contributed by atoms with E-state index in [1.165, 1.54) is 30.0 Å². The smallest absolute Gasteiger partial charge is 0.373 e. The van der Waals surface area contributed by atoms with Gasteiger partial charge in [-0.3, -0.25) is 0 Å². The fourth-order valence-corrected chi connectivity index (χ4v) is 2.45. The van der Waals surface area contributed by atoms with E-state index in [2.05, 4.69) is 25.5 Å². The van der Waals surface area contributed by atoms with Gasteiger partial charge in [0.25, 0.3) is 0 Å². The molecule has 2 heterocycles. The van der Waals surface area contributed by atoms with E-state index in [1.54, 1.807) is 0 Å². The molecule has 18 heavy (non-hydrogen) atoms. The first-order chi connectivity index (χ1) is 8.49. The molecule has 0 fully saturated rings. The summed E-state index contributed by atoms with van der Waals surface area (Å²) in [7, 11) is 1.49. The Morgan fingerprint density at radius 1 is 1.33 bits per heavy atom. The van der Waals surface area contributed by atoms with Crippen LogP contribution in [0.1, 0.15) is 5.82 Å². The average molecular weight is 293 g/mol. The third-order valence-electron chi connectivity index (χ3n) is 1.74. The Morgan fingerprint density at radius 2 is 2.11 bits per heavy atom. The van der Waals surface area contributed by atoms with Crippen LogP contribution in [0, 0.1) is 0 Å². The lowest BCUT2D eigenvalue weighted by Gasteiger charge is -2.08. The second kappa shape index (κ2) is 5.06. The summed E-state index contributed by atoms with van der Waals surface area (Å²) >= 11 is 2.23. The molecule has 2 rings (SSSR count). The van der Waals surface area contributed by atoms with Gasteiger partial charge in [0.2, 0.25) is 5.82 Å². The Kier molecular flexibility index (Phi) is 3.66. The van der Waals surface area contributed by atoms with Crippen molar-refractivity contribution in [3.05, 3.63) is 17.4 Å². The molecule has 0 unspecified atom stereocenters.